The molecule has 154 valence electrons. The maximum absolute atomic E-state index is 10.5. The highest BCUT2D eigenvalue weighted by Gasteiger charge is 2.80. The van der Waals surface area contributed by atoms with Gasteiger partial charge in [-0.15, -0.1) is 0 Å². The lowest BCUT2D eigenvalue weighted by atomic mass is 9.52. The van der Waals surface area contributed by atoms with Gasteiger partial charge in [-0.2, -0.15) is 15.8 Å². The van der Waals surface area contributed by atoms with Crippen LogP contribution in [0.2, 0.25) is 0 Å². The minimum Gasteiger partial charge on any atom is -0.496 e. The quantitative estimate of drug-likeness (QED) is 0.809. The van der Waals surface area contributed by atoms with Gasteiger partial charge in [0.25, 0.3) is 0 Å². The Kier molecular flexibility index (Phi) is 4.51. The van der Waals surface area contributed by atoms with Gasteiger partial charge < -0.3 is 14.2 Å². The van der Waals surface area contributed by atoms with Gasteiger partial charge in [0.1, 0.15) is 11.9 Å². The highest BCUT2D eigenvalue weighted by atomic mass is 16.7. The van der Waals surface area contributed by atoms with Crippen LogP contribution >= 0.6 is 0 Å². The molecular weight excluding hydrogens is 392 g/mol. The normalized spacial score (nSPS) is 30.4. The number of nitrogens with one attached hydrogen (secondary N) is 1. The molecule has 2 saturated heterocycles. The fourth-order valence-corrected chi connectivity index (χ4v) is 4.99. The maximum atomic E-state index is 10.5. The number of fused-ring (bicyclic) bond motifs is 2. The molecule has 31 heavy (non-hydrogen) atoms. The third-order valence-electron chi connectivity index (χ3n) is 6.31. The van der Waals surface area contributed by atoms with Crippen molar-refractivity contribution in [3.05, 3.63) is 65.2 Å². The molecule has 4 atom stereocenters. The minimum absolute atomic E-state index is 0.452. The highest BCUT2D eigenvalue weighted by molar-refractivity contribution is 5.90. The third-order valence-corrected chi connectivity index (χ3v) is 6.31. The lowest BCUT2D eigenvalue weighted by Gasteiger charge is -2.49. The van der Waals surface area contributed by atoms with E-state index in [0.717, 1.165) is 5.56 Å². The molecule has 2 aliphatic rings. The monoisotopic (exact) mass is 412 g/mol. The average molecular weight is 412 g/mol. The van der Waals surface area contributed by atoms with E-state index in [0.29, 0.717) is 16.9 Å². The number of methoxy groups -OCH3 is 1. The summed E-state index contributed by atoms with van der Waals surface area (Å²) in [5.74, 6) is -2.40. The van der Waals surface area contributed by atoms with Crippen molar-refractivity contribution in [3.63, 3.8) is 0 Å². The largest absolute Gasteiger partial charge is 0.496 e. The van der Waals surface area contributed by atoms with Crippen molar-refractivity contribution in [1.29, 1.82) is 21.2 Å². The van der Waals surface area contributed by atoms with E-state index in [9.17, 15) is 15.8 Å². The predicted octanol–water partition coefficient (Wildman–Crippen LogP) is 4.13. The van der Waals surface area contributed by atoms with Crippen molar-refractivity contribution in [2.45, 2.75) is 31.7 Å². The van der Waals surface area contributed by atoms with E-state index in [2.05, 4.69) is 18.2 Å². The fraction of sp³-hybridized carbons (Fsp3) is 0.333. The summed E-state index contributed by atoms with van der Waals surface area (Å²) < 4.78 is 17.7. The van der Waals surface area contributed by atoms with Crippen LogP contribution in [0.5, 0.6) is 5.75 Å². The maximum Gasteiger partial charge on any atom is 0.219 e. The lowest BCUT2D eigenvalue weighted by Crippen LogP contribution is -2.57. The van der Waals surface area contributed by atoms with Crippen LogP contribution in [0.25, 0.3) is 0 Å². The molecule has 7 nitrogen and oxygen atoms in total. The summed E-state index contributed by atoms with van der Waals surface area (Å²) in [7, 11) is 1.50. The molecule has 0 aromatic heterocycles. The number of para-hydroxylation sites is 1. The highest BCUT2D eigenvalue weighted by Crippen LogP contribution is 2.70. The van der Waals surface area contributed by atoms with Gasteiger partial charge in [-0.05, 0) is 18.6 Å². The summed E-state index contributed by atoms with van der Waals surface area (Å²) in [6, 6.07) is 20.6. The first-order chi connectivity index (χ1) is 14.8. The van der Waals surface area contributed by atoms with Crippen molar-refractivity contribution >= 4 is 5.90 Å². The van der Waals surface area contributed by atoms with E-state index in [1.807, 2.05) is 19.1 Å². The number of aryl methyl sites for hydroxylation is 1. The number of benzene rings is 2. The molecule has 0 saturated carbocycles. The summed E-state index contributed by atoms with van der Waals surface area (Å²) in [6.45, 7) is 3.53. The van der Waals surface area contributed by atoms with Crippen LogP contribution in [-0.4, -0.2) is 18.8 Å². The van der Waals surface area contributed by atoms with E-state index in [1.165, 1.54) is 7.11 Å². The van der Waals surface area contributed by atoms with E-state index in [4.69, 9.17) is 19.6 Å². The molecule has 2 aliphatic heterocycles. The van der Waals surface area contributed by atoms with Crippen LogP contribution in [0.15, 0.2) is 48.5 Å². The Labute approximate surface area is 180 Å². The number of hydrogen-bond donors (Lipinski definition) is 1. The average Bonchev–Trinajstić information content (AvgIpc) is 2.96. The van der Waals surface area contributed by atoms with E-state index in [-0.39, 0.29) is 0 Å². The summed E-state index contributed by atoms with van der Waals surface area (Å²) in [5, 5.41) is 39.9. The van der Waals surface area contributed by atoms with Gasteiger partial charge in [0.15, 0.2) is 5.41 Å². The summed E-state index contributed by atoms with van der Waals surface area (Å²) in [4.78, 5) is 0. The van der Waals surface area contributed by atoms with Crippen molar-refractivity contribution in [2.75, 3.05) is 7.11 Å². The third kappa shape index (κ3) is 2.43. The zero-order valence-corrected chi connectivity index (χ0v) is 17.3. The second-order valence-electron chi connectivity index (χ2n) is 7.99. The molecule has 2 fully saturated rings. The Balaban J connectivity index is 2.06. The molecular formula is C24H20N4O3. The van der Waals surface area contributed by atoms with Crippen molar-refractivity contribution < 1.29 is 14.2 Å². The van der Waals surface area contributed by atoms with Gasteiger partial charge in [-0.3, -0.25) is 5.41 Å². The molecule has 4 unspecified atom stereocenters. The predicted molar refractivity (Wildman–Crippen MR) is 110 cm³/mol. The zero-order valence-electron chi connectivity index (χ0n) is 17.3. The molecule has 0 spiro atoms. The Morgan fingerprint density at radius 2 is 1.74 bits per heavy atom. The van der Waals surface area contributed by atoms with Gasteiger partial charge in [0.05, 0.1) is 31.2 Å². The SMILES string of the molecule is COc1ccccc1C1C2(C)OC(=N)C1(C#N)C(C#N)(C#N)C(c1cccc(C)c1)O2. The number of hydrogen-bond acceptors (Lipinski definition) is 7. The van der Waals surface area contributed by atoms with Crippen LogP contribution in [0.3, 0.4) is 0 Å². The van der Waals surface area contributed by atoms with Crippen molar-refractivity contribution in [3.8, 4) is 24.0 Å². The van der Waals surface area contributed by atoms with E-state index < -0.39 is 34.5 Å². The second-order valence-corrected chi connectivity index (χ2v) is 7.99. The molecule has 2 aromatic rings. The summed E-state index contributed by atoms with van der Waals surface area (Å²) >= 11 is 0. The summed E-state index contributed by atoms with van der Waals surface area (Å²) in [5.41, 5.74) is -1.92. The molecule has 7 heteroatoms. The van der Waals surface area contributed by atoms with Crippen molar-refractivity contribution in [2.24, 2.45) is 10.8 Å². The van der Waals surface area contributed by atoms with Gasteiger partial charge in [0, 0.05) is 12.5 Å². The van der Waals surface area contributed by atoms with Crippen molar-refractivity contribution in [1.82, 2.24) is 0 Å². The van der Waals surface area contributed by atoms with Gasteiger partial charge in [0.2, 0.25) is 17.1 Å². The first kappa shape index (κ1) is 20.4. The van der Waals surface area contributed by atoms with E-state index in [1.54, 1.807) is 43.3 Å². The standard InChI is InChI=1S/C24H20N4O3/c1-15-7-6-8-16(11-15)20-23(12-25,13-26)24(14-27)19(22(2,30-20)31-21(24)28)17-9-4-5-10-18(17)29-3/h4-11,19-20,28H,1-3H3. The molecule has 0 aliphatic carbocycles. The number of nitrogens with zero attached hydrogens (tertiary/aromatic N) is 3. The molecule has 4 rings (SSSR count). The van der Waals surface area contributed by atoms with E-state index >= 15 is 0 Å². The molecule has 2 heterocycles. The number of ether oxygens (including phenoxy) is 3. The zero-order chi connectivity index (χ0) is 22.4. The fourth-order valence-electron chi connectivity index (χ4n) is 4.99. The van der Waals surface area contributed by atoms with Gasteiger partial charge >= 0.3 is 0 Å². The smallest absolute Gasteiger partial charge is 0.219 e. The Hall–Kier alpha value is -3.86. The van der Waals surface area contributed by atoms with Crippen LogP contribution in [0.1, 0.15) is 35.6 Å². The molecule has 2 aromatic carbocycles. The molecule has 1 N–H and O–H groups in total. The number of nitriles is 3. The summed E-state index contributed by atoms with van der Waals surface area (Å²) in [6.07, 6.45) is -1.10. The van der Waals surface area contributed by atoms with Gasteiger partial charge in [-0.25, -0.2) is 0 Å². The van der Waals surface area contributed by atoms with Crippen LogP contribution in [-0.2, 0) is 9.47 Å². The Morgan fingerprint density at radius 1 is 1.03 bits per heavy atom. The first-order valence-corrected chi connectivity index (χ1v) is 9.72. The molecule has 0 radical (unpaired) electrons. The lowest BCUT2D eigenvalue weighted by molar-refractivity contribution is -0.253. The van der Waals surface area contributed by atoms with Crippen LogP contribution < -0.4 is 4.74 Å². The molecule has 2 bridgehead atoms. The Bertz CT molecular complexity index is 1190. The number of rotatable bonds is 3. The van der Waals surface area contributed by atoms with Crippen LogP contribution in [0, 0.1) is 57.2 Å². The first-order valence-electron chi connectivity index (χ1n) is 9.72. The Morgan fingerprint density at radius 3 is 2.35 bits per heavy atom. The second kappa shape index (κ2) is 6.84. The topological polar surface area (TPSA) is 123 Å². The minimum atomic E-state index is -2.03. The van der Waals surface area contributed by atoms with Crippen LogP contribution in [0.4, 0.5) is 0 Å². The molecule has 0 amide bonds. The van der Waals surface area contributed by atoms with Gasteiger partial charge in [-0.1, -0.05) is 48.0 Å².